The average Bonchev–Trinajstić information content (AvgIpc) is 2.69. The fourth-order valence-corrected chi connectivity index (χ4v) is 3.19. The molecule has 6 nitrogen and oxygen atoms in total. The summed E-state index contributed by atoms with van der Waals surface area (Å²) < 4.78 is 0. The van der Waals surface area contributed by atoms with E-state index in [4.69, 9.17) is 0 Å². The molecule has 1 atom stereocenters. The topological polar surface area (TPSA) is 73.3 Å². The summed E-state index contributed by atoms with van der Waals surface area (Å²) in [6, 6.07) is 12.4. The van der Waals surface area contributed by atoms with Crippen molar-refractivity contribution >= 4 is 17.3 Å². The fourth-order valence-electron chi connectivity index (χ4n) is 3.19. The van der Waals surface area contributed by atoms with E-state index in [0.29, 0.717) is 0 Å². The second kappa shape index (κ2) is 9.22. The van der Waals surface area contributed by atoms with Crippen LogP contribution in [0.15, 0.2) is 42.7 Å². The maximum absolute atomic E-state index is 9.58. The van der Waals surface area contributed by atoms with E-state index in [1.54, 1.807) is 6.33 Å². The maximum Gasteiger partial charge on any atom is 0.134 e. The molecule has 0 aliphatic carbocycles. The van der Waals surface area contributed by atoms with Crippen molar-refractivity contribution in [1.82, 2.24) is 9.97 Å². The Morgan fingerprint density at radius 2 is 1.92 bits per heavy atom. The monoisotopic (exact) mass is 341 g/mol. The van der Waals surface area contributed by atoms with Gasteiger partial charge in [0.1, 0.15) is 18.0 Å². The molecule has 2 heterocycles. The van der Waals surface area contributed by atoms with Crippen LogP contribution in [0.5, 0.6) is 0 Å². The fraction of sp³-hybridized carbons (Fsp3) is 0.474. The van der Waals surface area contributed by atoms with Crippen LogP contribution >= 0.6 is 0 Å². The first-order chi connectivity index (χ1) is 12.4. The van der Waals surface area contributed by atoms with Crippen molar-refractivity contribution in [1.29, 1.82) is 0 Å². The van der Waals surface area contributed by atoms with E-state index in [1.807, 2.05) is 24.3 Å². The number of hydrogen-bond donors (Lipinski definition) is 3. The number of aliphatic hydroxyl groups is 1. The molecule has 0 amide bonds. The molecule has 3 rings (SSSR count). The number of anilines is 3. The lowest BCUT2D eigenvalue weighted by Gasteiger charge is -2.35. The minimum Gasteiger partial charge on any atom is -0.394 e. The molecule has 3 N–H and O–H groups in total. The molecule has 25 heavy (non-hydrogen) atoms. The summed E-state index contributed by atoms with van der Waals surface area (Å²) in [7, 11) is 0. The summed E-state index contributed by atoms with van der Waals surface area (Å²) in [6.07, 6.45) is 5.94. The highest BCUT2D eigenvalue weighted by Gasteiger charge is 2.23. The summed E-state index contributed by atoms with van der Waals surface area (Å²) in [4.78, 5) is 10.9. The third-order valence-electron chi connectivity index (χ3n) is 4.55. The Morgan fingerprint density at radius 3 is 2.76 bits per heavy atom. The van der Waals surface area contributed by atoms with Crippen LogP contribution in [-0.4, -0.2) is 47.4 Å². The third kappa shape index (κ3) is 5.06. The molecular weight excluding hydrogens is 314 g/mol. The van der Waals surface area contributed by atoms with Crippen LogP contribution in [0.4, 0.5) is 17.3 Å². The smallest absolute Gasteiger partial charge is 0.134 e. The van der Waals surface area contributed by atoms with Gasteiger partial charge in [0.2, 0.25) is 0 Å². The Balaban J connectivity index is 1.46. The molecule has 0 bridgehead atoms. The molecule has 1 aromatic heterocycles. The van der Waals surface area contributed by atoms with Gasteiger partial charge in [0.15, 0.2) is 0 Å². The molecule has 1 aromatic carbocycles. The highest BCUT2D eigenvalue weighted by atomic mass is 16.3. The molecule has 1 aliphatic rings. The predicted octanol–water partition coefficient (Wildman–Crippen LogP) is 2.74. The summed E-state index contributed by atoms with van der Waals surface area (Å²) in [5, 5.41) is 16.3. The first-order valence-corrected chi connectivity index (χ1v) is 9.09. The van der Waals surface area contributed by atoms with E-state index >= 15 is 0 Å². The van der Waals surface area contributed by atoms with Gasteiger partial charge in [0.25, 0.3) is 0 Å². The number of para-hydroxylation sites is 1. The van der Waals surface area contributed by atoms with Crippen molar-refractivity contribution in [3.63, 3.8) is 0 Å². The molecule has 0 saturated carbocycles. The molecule has 1 aliphatic heterocycles. The van der Waals surface area contributed by atoms with Gasteiger partial charge in [-0.2, -0.15) is 0 Å². The standard InChI is InChI=1S/C19H27N5O/c25-14-17-9-4-5-12-24(17)19-13-18(22-15-23-19)21-11-6-10-20-16-7-2-1-3-8-16/h1-3,7-8,13,15,17,20,25H,4-6,9-12,14H2,(H,21,22,23). The van der Waals surface area contributed by atoms with Crippen LogP contribution in [0, 0.1) is 0 Å². The van der Waals surface area contributed by atoms with Gasteiger partial charge in [0, 0.05) is 31.4 Å². The number of aromatic nitrogens is 2. The Bertz CT molecular complexity index is 637. The van der Waals surface area contributed by atoms with Crippen molar-refractivity contribution in [2.24, 2.45) is 0 Å². The van der Waals surface area contributed by atoms with Crippen LogP contribution in [-0.2, 0) is 0 Å². The van der Waals surface area contributed by atoms with Gasteiger partial charge in [-0.3, -0.25) is 0 Å². The quantitative estimate of drug-likeness (QED) is 0.641. The Hall–Kier alpha value is -2.34. The second-order valence-corrected chi connectivity index (χ2v) is 6.36. The highest BCUT2D eigenvalue weighted by Crippen LogP contribution is 2.23. The lowest BCUT2D eigenvalue weighted by atomic mass is 10.0. The van der Waals surface area contributed by atoms with E-state index in [0.717, 1.165) is 56.2 Å². The molecule has 1 unspecified atom stereocenters. The number of hydrogen-bond acceptors (Lipinski definition) is 6. The molecule has 1 fully saturated rings. The largest absolute Gasteiger partial charge is 0.394 e. The van der Waals surface area contributed by atoms with Crippen molar-refractivity contribution in [2.75, 3.05) is 41.8 Å². The minimum atomic E-state index is 0.173. The van der Waals surface area contributed by atoms with Gasteiger partial charge in [0.05, 0.1) is 12.6 Å². The Morgan fingerprint density at radius 1 is 1.08 bits per heavy atom. The van der Waals surface area contributed by atoms with Crippen LogP contribution in [0.1, 0.15) is 25.7 Å². The zero-order valence-electron chi connectivity index (χ0n) is 14.6. The van der Waals surface area contributed by atoms with Crippen molar-refractivity contribution in [2.45, 2.75) is 31.7 Å². The van der Waals surface area contributed by atoms with E-state index in [2.05, 4.69) is 37.6 Å². The van der Waals surface area contributed by atoms with Gasteiger partial charge in [-0.25, -0.2) is 9.97 Å². The van der Waals surface area contributed by atoms with Gasteiger partial charge in [-0.1, -0.05) is 18.2 Å². The summed E-state index contributed by atoms with van der Waals surface area (Å²) >= 11 is 0. The van der Waals surface area contributed by atoms with Gasteiger partial charge < -0.3 is 20.6 Å². The molecule has 134 valence electrons. The van der Waals surface area contributed by atoms with Gasteiger partial charge in [-0.15, -0.1) is 0 Å². The number of nitrogens with one attached hydrogen (secondary N) is 2. The van der Waals surface area contributed by atoms with E-state index < -0.39 is 0 Å². The molecular formula is C19H27N5O. The highest BCUT2D eigenvalue weighted by molar-refractivity contribution is 5.49. The zero-order chi connectivity index (χ0) is 17.3. The van der Waals surface area contributed by atoms with Crippen LogP contribution in [0.25, 0.3) is 0 Å². The van der Waals surface area contributed by atoms with E-state index in [-0.39, 0.29) is 12.6 Å². The van der Waals surface area contributed by atoms with E-state index in [1.165, 1.54) is 6.42 Å². The van der Waals surface area contributed by atoms with Crippen molar-refractivity contribution < 1.29 is 5.11 Å². The molecule has 1 saturated heterocycles. The third-order valence-corrected chi connectivity index (χ3v) is 4.55. The number of benzene rings is 1. The van der Waals surface area contributed by atoms with Gasteiger partial charge in [-0.05, 0) is 37.8 Å². The molecule has 0 radical (unpaired) electrons. The Kier molecular flexibility index (Phi) is 6.45. The number of rotatable bonds is 8. The first-order valence-electron chi connectivity index (χ1n) is 9.09. The predicted molar refractivity (Wildman–Crippen MR) is 102 cm³/mol. The molecule has 2 aromatic rings. The summed E-state index contributed by atoms with van der Waals surface area (Å²) in [6.45, 7) is 2.88. The number of nitrogens with zero attached hydrogens (tertiary/aromatic N) is 3. The molecule has 6 heteroatoms. The number of aliphatic hydroxyl groups excluding tert-OH is 1. The average molecular weight is 341 g/mol. The maximum atomic E-state index is 9.58. The van der Waals surface area contributed by atoms with Gasteiger partial charge >= 0.3 is 0 Å². The van der Waals surface area contributed by atoms with Crippen LogP contribution in [0.3, 0.4) is 0 Å². The van der Waals surface area contributed by atoms with Crippen LogP contribution < -0.4 is 15.5 Å². The summed E-state index contributed by atoms with van der Waals surface area (Å²) in [5.74, 6) is 1.74. The lowest BCUT2D eigenvalue weighted by molar-refractivity contribution is 0.239. The normalized spacial score (nSPS) is 17.3. The summed E-state index contributed by atoms with van der Waals surface area (Å²) in [5.41, 5.74) is 1.15. The lowest BCUT2D eigenvalue weighted by Crippen LogP contribution is -2.42. The minimum absolute atomic E-state index is 0.173. The Labute approximate surface area is 149 Å². The van der Waals surface area contributed by atoms with Crippen LogP contribution in [0.2, 0.25) is 0 Å². The number of piperidine rings is 1. The van der Waals surface area contributed by atoms with Crippen molar-refractivity contribution in [3.8, 4) is 0 Å². The first kappa shape index (κ1) is 17.5. The SMILES string of the molecule is OCC1CCCCN1c1cc(NCCCNc2ccccc2)ncn1. The van der Waals surface area contributed by atoms with Crippen molar-refractivity contribution in [3.05, 3.63) is 42.7 Å². The zero-order valence-corrected chi connectivity index (χ0v) is 14.6. The molecule has 0 spiro atoms. The second-order valence-electron chi connectivity index (χ2n) is 6.36. The van der Waals surface area contributed by atoms with E-state index in [9.17, 15) is 5.11 Å².